The van der Waals surface area contributed by atoms with Crippen LogP contribution in [0.4, 0.5) is 5.69 Å². The number of hydrogen-bond donors (Lipinski definition) is 2. The molecule has 0 saturated heterocycles. The van der Waals surface area contributed by atoms with Crippen LogP contribution in [0.1, 0.15) is 48.0 Å². The highest BCUT2D eigenvalue weighted by atomic mass is 32.1. The van der Waals surface area contributed by atoms with Crippen molar-refractivity contribution in [2.45, 2.75) is 51.7 Å². The second-order valence-corrected chi connectivity index (χ2v) is 7.79. The summed E-state index contributed by atoms with van der Waals surface area (Å²) < 4.78 is 1.81. The monoisotopic (exact) mass is 398 g/mol. The van der Waals surface area contributed by atoms with Crippen molar-refractivity contribution in [3.05, 3.63) is 34.5 Å². The molecular weight excluding hydrogens is 376 g/mol. The minimum atomic E-state index is -0.205. The third kappa shape index (κ3) is 3.75. The molecule has 1 saturated carbocycles. The van der Waals surface area contributed by atoms with Gasteiger partial charge < -0.3 is 10.6 Å². The molecule has 28 heavy (non-hydrogen) atoms. The predicted molar refractivity (Wildman–Crippen MR) is 107 cm³/mol. The van der Waals surface area contributed by atoms with Crippen LogP contribution in [0.25, 0.3) is 11.0 Å². The highest BCUT2D eigenvalue weighted by Crippen LogP contribution is 2.29. The molecule has 0 bridgehead atoms. The Morgan fingerprint density at radius 1 is 1.29 bits per heavy atom. The summed E-state index contributed by atoms with van der Waals surface area (Å²) in [6, 6.07) is 0.152. The molecule has 1 aliphatic carbocycles. The number of hydrogen-bond acceptors (Lipinski definition) is 7. The lowest BCUT2D eigenvalue weighted by Gasteiger charge is -2.24. The fourth-order valence-electron chi connectivity index (χ4n) is 3.47. The summed E-state index contributed by atoms with van der Waals surface area (Å²) in [7, 11) is 0. The molecule has 3 heterocycles. The van der Waals surface area contributed by atoms with E-state index < -0.39 is 0 Å². The highest BCUT2D eigenvalue weighted by molar-refractivity contribution is 7.09. The quantitative estimate of drug-likeness (QED) is 0.662. The zero-order chi connectivity index (χ0) is 19.5. The third-order valence-electron chi connectivity index (χ3n) is 4.99. The van der Waals surface area contributed by atoms with Gasteiger partial charge in [-0.25, -0.2) is 14.6 Å². The van der Waals surface area contributed by atoms with Crippen molar-refractivity contribution in [1.29, 1.82) is 0 Å². The molecule has 0 spiro atoms. The van der Waals surface area contributed by atoms with Crippen LogP contribution in [0.2, 0.25) is 0 Å². The number of carbonyl (C=O) groups is 2. The first-order valence-electron chi connectivity index (χ1n) is 9.45. The number of aromatic nitrogens is 4. The van der Waals surface area contributed by atoms with Crippen molar-refractivity contribution in [1.82, 2.24) is 25.1 Å². The Kier molecular flexibility index (Phi) is 5.34. The zero-order valence-corrected chi connectivity index (χ0v) is 16.5. The third-order valence-corrected chi connectivity index (χ3v) is 5.77. The van der Waals surface area contributed by atoms with Gasteiger partial charge in [-0.05, 0) is 19.8 Å². The standard InChI is InChI=1S/C19H22N6O2S/c1-2-25-18-14(10-23-25)17(24-12-3-5-13(26)6-4-12)15(9-21-18)19(27)22-11-16-20-7-8-28-16/h7-10,12H,2-6,11H2,1H3,(H,21,24)(H,22,27). The summed E-state index contributed by atoms with van der Waals surface area (Å²) in [4.78, 5) is 33.1. The van der Waals surface area contributed by atoms with Gasteiger partial charge in [0.2, 0.25) is 0 Å². The molecule has 3 aromatic rings. The Labute approximate surface area is 166 Å². The van der Waals surface area contributed by atoms with Crippen LogP contribution >= 0.6 is 11.3 Å². The number of nitrogens with one attached hydrogen (secondary N) is 2. The maximum absolute atomic E-state index is 12.9. The SMILES string of the molecule is CCn1ncc2c(NC3CCC(=O)CC3)c(C(=O)NCc3nccs3)cnc21. The van der Waals surface area contributed by atoms with E-state index in [4.69, 9.17) is 0 Å². The Morgan fingerprint density at radius 3 is 2.82 bits per heavy atom. The van der Waals surface area contributed by atoms with Gasteiger partial charge in [0.25, 0.3) is 5.91 Å². The molecule has 4 rings (SSSR count). The number of carbonyl (C=O) groups excluding carboxylic acids is 2. The number of nitrogens with zero attached hydrogens (tertiary/aromatic N) is 4. The van der Waals surface area contributed by atoms with E-state index in [1.54, 1.807) is 18.6 Å². The molecule has 0 aliphatic heterocycles. The Balaban J connectivity index is 1.64. The molecule has 3 aromatic heterocycles. The van der Waals surface area contributed by atoms with E-state index in [-0.39, 0.29) is 11.9 Å². The van der Waals surface area contributed by atoms with Crippen molar-refractivity contribution in [3.63, 3.8) is 0 Å². The molecule has 8 nitrogen and oxygen atoms in total. The smallest absolute Gasteiger partial charge is 0.255 e. The number of rotatable bonds is 6. The number of aryl methyl sites for hydroxylation is 1. The molecular formula is C19H22N6O2S. The molecule has 146 valence electrons. The van der Waals surface area contributed by atoms with Gasteiger partial charge in [-0.15, -0.1) is 11.3 Å². The minimum Gasteiger partial charge on any atom is -0.381 e. The average Bonchev–Trinajstić information content (AvgIpc) is 3.37. The van der Waals surface area contributed by atoms with E-state index in [2.05, 4.69) is 25.7 Å². The van der Waals surface area contributed by atoms with Crippen molar-refractivity contribution < 1.29 is 9.59 Å². The summed E-state index contributed by atoms with van der Waals surface area (Å²) in [6.07, 6.45) is 7.76. The molecule has 0 atom stereocenters. The average molecular weight is 398 g/mol. The lowest BCUT2D eigenvalue weighted by Crippen LogP contribution is -2.29. The van der Waals surface area contributed by atoms with Crippen molar-refractivity contribution >= 4 is 39.7 Å². The predicted octanol–water partition coefficient (Wildman–Crippen LogP) is 2.76. The van der Waals surface area contributed by atoms with Gasteiger partial charge in [0, 0.05) is 43.2 Å². The van der Waals surface area contributed by atoms with Gasteiger partial charge in [0.1, 0.15) is 10.8 Å². The van der Waals surface area contributed by atoms with E-state index >= 15 is 0 Å². The number of pyridine rings is 1. The molecule has 1 amide bonds. The Hall–Kier alpha value is -2.81. The summed E-state index contributed by atoms with van der Waals surface area (Å²) in [5, 5.41) is 14.4. The lowest BCUT2D eigenvalue weighted by molar-refractivity contribution is -0.120. The van der Waals surface area contributed by atoms with Gasteiger partial charge >= 0.3 is 0 Å². The Morgan fingerprint density at radius 2 is 2.11 bits per heavy atom. The van der Waals surface area contributed by atoms with Gasteiger partial charge in [-0.2, -0.15) is 5.10 Å². The molecule has 0 unspecified atom stereocenters. The number of amides is 1. The highest BCUT2D eigenvalue weighted by Gasteiger charge is 2.23. The van der Waals surface area contributed by atoms with Crippen LogP contribution in [-0.4, -0.2) is 37.5 Å². The van der Waals surface area contributed by atoms with E-state index in [0.717, 1.165) is 34.6 Å². The van der Waals surface area contributed by atoms with Crippen molar-refractivity contribution in [2.24, 2.45) is 0 Å². The summed E-state index contributed by atoms with van der Waals surface area (Å²) in [5.41, 5.74) is 1.96. The Bertz CT molecular complexity index is 987. The number of ketones is 1. The summed E-state index contributed by atoms with van der Waals surface area (Å²) in [6.45, 7) is 3.08. The zero-order valence-electron chi connectivity index (χ0n) is 15.6. The minimum absolute atomic E-state index is 0.152. The molecule has 1 fully saturated rings. The van der Waals surface area contributed by atoms with E-state index in [9.17, 15) is 9.59 Å². The maximum atomic E-state index is 12.9. The van der Waals surface area contributed by atoms with Crippen LogP contribution < -0.4 is 10.6 Å². The number of thiazole rings is 1. The topological polar surface area (TPSA) is 102 Å². The van der Waals surface area contributed by atoms with Crippen LogP contribution in [0.15, 0.2) is 24.0 Å². The summed E-state index contributed by atoms with van der Waals surface area (Å²) >= 11 is 1.50. The van der Waals surface area contributed by atoms with E-state index in [1.807, 2.05) is 17.0 Å². The number of anilines is 1. The van der Waals surface area contributed by atoms with E-state index in [0.29, 0.717) is 37.3 Å². The van der Waals surface area contributed by atoms with Gasteiger partial charge in [0.15, 0.2) is 5.65 Å². The maximum Gasteiger partial charge on any atom is 0.255 e. The van der Waals surface area contributed by atoms with Gasteiger partial charge in [-0.3, -0.25) is 9.59 Å². The fraction of sp³-hybridized carbons (Fsp3) is 0.421. The molecule has 9 heteroatoms. The number of Topliss-reactive ketones (excluding diaryl/α,β-unsaturated/α-hetero) is 1. The van der Waals surface area contributed by atoms with Crippen molar-refractivity contribution in [2.75, 3.05) is 5.32 Å². The van der Waals surface area contributed by atoms with Crippen LogP contribution in [0.3, 0.4) is 0 Å². The first kappa shape index (κ1) is 18.5. The molecule has 1 aliphatic rings. The van der Waals surface area contributed by atoms with Gasteiger partial charge in [-0.1, -0.05) is 0 Å². The normalized spacial score (nSPS) is 15.1. The van der Waals surface area contributed by atoms with Crippen LogP contribution in [0, 0.1) is 0 Å². The van der Waals surface area contributed by atoms with Crippen LogP contribution in [0.5, 0.6) is 0 Å². The molecule has 0 aromatic carbocycles. The molecule has 2 N–H and O–H groups in total. The number of fused-ring (bicyclic) bond motifs is 1. The van der Waals surface area contributed by atoms with E-state index in [1.165, 1.54) is 11.3 Å². The fourth-order valence-corrected chi connectivity index (χ4v) is 4.02. The second kappa shape index (κ2) is 8.05. The summed E-state index contributed by atoms with van der Waals surface area (Å²) in [5.74, 6) is 0.0985. The largest absolute Gasteiger partial charge is 0.381 e. The molecule has 0 radical (unpaired) electrons. The van der Waals surface area contributed by atoms with Crippen molar-refractivity contribution in [3.8, 4) is 0 Å². The first-order valence-corrected chi connectivity index (χ1v) is 10.3. The lowest BCUT2D eigenvalue weighted by atomic mass is 9.94. The first-order chi connectivity index (χ1) is 13.7. The second-order valence-electron chi connectivity index (χ2n) is 6.81. The van der Waals surface area contributed by atoms with Gasteiger partial charge in [0.05, 0.1) is 29.4 Å². The van der Waals surface area contributed by atoms with Crippen LogP contribution in [-0.2, 0) is 17.9 Å².